The SMILES string of the molecule is COC1CCN(S(=O)(=O)c2cncc(/C=C/C(=O)O)c2)C1. The van der Waals surface area contributed by atoms with Crippen LogP contribution in [0.3, 0.4) is 0 Å². The lowest BCUT2D eigenvalue weighted by molar-refractivity contribution is -0.131. The molecule has 0 aliphatic carbocycles. The van der Waals surface area contributed by atoms with Crippen LogP contribution in [0.2, 0.25) is 0 Å². The second-order valence-electron chi connectivity index (χ2n) is 4.63. The molecule has 2 rings (SSSR count). The number of aliphatic carboxylic acids is 1. The van der Waals surface area contributed by atoms with Crippen LogP contribution in [-0.2, 0) is 19.6 Å². The van der Waals surface area contributed by atoms with E-state index >= 15 is 0 Å². The molecule has 1 saturated heterocycles. The van der Waals surface area contributed by atoms with Gasteiger partial charge in [-0.25, -0.2) is 13.2 Å². The Kier molecular flexibility index (Phi) is 4.71. The molecule has 7 nitrogen and oxygen atoms in total. The van der Waals surface area contributed by atoms with E-state index in [-0.39, 0.29) is 11.0 Å². The second kappa shape index (κ2) is 6.33. The fourth-order valence-electron chi connectivity index (χ4n) is 2.09. The van der Waals surface area contributed by atoms with Crippen molar-refractivity contribution in [2.45, 2.75) is 17.4 Å². The average Bonchev–Trinajstić information content (AvgIpc) is 2.95. The fourth-order valence-corrected chi connectivity index (χ4v) is 3.58. The summed E-state index contributed by atoms with van der Waals surface area (Å²) in [6, 6.07) is 1.40. The molecule has 0 radical (unpaired) electrons. The molecule has 1 aromatic heterocycles. The van der Waals surface area contributed by atoms with Gasteiger partial charge in [0.15, 0.2) is 0 Å². The monoisotopic (exact) mass is 312 g/mol. The third-order valence-electron chi connectivity index (χ3n) is 3.23. The van der Waals surface area contributed by atoms with Crippen molar-refractivity contribution in [1.29, 1.82) is 0 Å². The second-order valence-corrected chi connectivity index (χ2v) is 6.57. The summed E-state index contributed by atoms with van der Waals surface area (Å²) in [6.07, 6.45) is 5.46. The van der Waals surface area contributed by atoms with Crippen LogP contribution < -0.4 is 0 Å². The third-order valence-corrected chi connectivity index (χ3v) is 5.06. The number of carboxylic acids is 1. The Balaban J connectivity index is 2.24. The maximum atomic E-state index is 12.5. The predicted octanol–water partition coefficient (Wildman–Crippen LogP) is 0.589. The molecule has 0 saturated carbocycles. The molecule has 0 spiro atoms. The zero-order valence-corrected chi connectivity index (χ0v) is 12.3. The number of nitrogens with zero attached hydrogens (tertiary/aromatic N) is 2. The maximum Gasteiger partial charge on any atom is 0.328 e. The van der Waals surface area contributed by atoms with E-state index < -0.39 is 16.0 Å². The maximum absolute atomic E-state index is 12.5. The van der Waals surface area contributed by atoms with Crippen molar-refractivity contribution in [2.24, 2.45) is 0 Å². The number of pyridine rings is 1. The summed E-state index contributed by atoms with van der Waals surface area (Å²) >= 11 is 0. The number of hydrogen-bond acceptors (Lipinski definition) is 5. The number of methoxy groups -OCH3 is 1. The van der Waals surface area contributed by atoms with E-state index in [1.165, 1.54) is 28.8 Å². The average molecular weight is 312 g/mol. The van der Waals surface area contributed by atoms with E-state index in [4.69, 9.17) is 9.84 Å². The standard InChI is InChI=1S/C13H16N2O5S/c1-20-11-4-5-15(9-11)21(18,19)12-6-10(7-14-8-12)2-3-13(16)17/h2-3,6-8,11H,4-5,9H2,1H3,(H,16,17)/b3-2+. The number of carbonyl (C=O) groups is 1. The van der Waals surface area contributed by atoms with E-state index in [0.717, 1.165) is 6.08 Å². The normalized spacial score (nSPS) is 20.1. The van der Waals surface area contributed by atoms with Crippen LogP contribution in [0.4, 0.5) is 0 Å². The Hall–Kier alpha value is -1.77. The summed E-state index contributed by atoms with van der Waals surface area (Å²) in [5, 5.41) is 8.59. The zero-order chi connectivity index (χ0) is 15.5. The Labute approximate surface area is 122 Å². The summed E-state index contributed by atoms with van der Waals surface area (Å²) in [5.74, 6) is -1.11. The van der Waals surface area contributed by atoms with Crippen molar-refractivity contribution < 1.29 is 23.1 Å². The number of aromatic nitrogens is 1. The van der Waals surface area contributed by atoms with Gasteiger partial charge in [0.05, 0.1) is 6.10 Å². The molecule has 1 fully saturated rings. The van der Waals surface area contributed by atoms with Crippen LogP contribution in [-0.4, -0.2) is 55.1 Å². The highest BCUT2D eigenvalue weighted by molar-refractivity contribution is 7.89. The molecular weight excluding hydrogens is 296 g/mol. The van der Waals surface area contributed by atoms with Gasteiger partial charge in [-0.15, -0.1) is 0 Å². The van der Waals surface area contributed by atoms with Crippen molar-refractivity contribution >= 4 is 22.1 Å². The summed E-state index contributed by atoms with van der Waals surface area (Å²) in [6.45, 7) is 0.712. The molecule has 1 aliphatic rings. The molecule has 1 atom stereocenters. The van der Waals surface area contributed by atoms with E-state index in [1.807, 2.05) is 0 Å². The molecule has 0 bridgehead atoms. The summed E-state index contributed by atoms with van der Waals surface area (Å²) in [5.41, 5.74) is 0.418. The zero-order valence-electron chi connectivity index (χ0n) is 11.5. The number of carboxylic acid groups (broad SMARTS) is 1. The summed E-state index contributed by atoms with van der Waals surface area (Å²) < 4.78 is 31.5. The van der Waals surface area contributed by atoms with Gasteiger partial charge in [-0.1, -0.05) is 0 Å². The Bertz CT molecular complexity index is 656. The Morgan fingerprint density at radius 3 is 2.90 bits per heavy atom. The summed E-state index contributed by atoms with van der Waals surface area (Å²) in [7, 11) is -2.08. The van der Waals surface area contributed by atoms with E-state index in [9.17, 15) is 13.2 Å². The van der Waals surface area contributed by atoms with E-state index in [0.29, 0.717) is 25.1 Å². The van der Waals surface area contributed by atoms with Gasteiger partial charge in [0, 0.05) is 38.7 Å². The van der Waals surface area contributed by atoms with Gasteiger partial charge in [0.25, 0.3) is 0 Å². The van der Waals surface area contributed by atoms with Crippen molar-refractivity contribution in [3.05, 3.63) is 30.1 Å². The highest BCUT2D eigenvalue weighted by Gasteiger charge is 2.32. The smallest absolute Gasteiger partial charge is 0.328 e. The molecule has 114 valence electrons. The fraction of sp³-hybridized carbons (Fsp3) is 0.385. The number of ether oxygens (including phenoxy) is 1. The van der Waals surface area contributed by atoms with Crippen LogP contribution >= 0.6 is 0 Å². The molecular formula is C13H16N2O5S. The lowest BCUT2D eigenvalue weighted by atomic mass is 10.2. The van der Waals surface area contributed by atoms with Crippen molar-refractivity contribution in [3.63, 3.8) is 0 Å². The van der Waals surface area contributed by atoms with Crippen LogP contribution in [0.1, 0.15) is 12.0 Å². The quantitative estimate of drug-likeness (QED) is 0.799. The Morgan fingerprint density at radius 1 is 1.52 bits per heavy atom. The number of hydrogen-bond donors (Lipinski definition) is 1. The first-order chi connectivity index (χ1) is 9.93. The molecule has 21 heavy (non-hydrogen) atoms. The van der Waals surface area contributed by atoms with Crippen molar-refractivity contribution in [1.82, 2.24) is 9.29 Å². The molecule has 2 heterocycles. The lowest BCUT2D eigenvalue weighted by Gasteiger charge is -2.16. The first kappa shape index (κ1) is 15.6. The van der Waals surface area contributed by atoms with Crippen LogP contribution in [0.25, 0.3) is 6.08 Å². The highest BCUT2D eigenvalue weighted by atomic mass is 32.2. The van der Waals surface area contributed by atoms with E-state index in [1.54, 1.807) is 7.11 Å². The van der Waals surface area contributed by atoms with Crippen LogP contribution in [0, 0.1) is 0 Å². The summed E-state index contributed by atoms with van der Waals surface area (Å²) in [4.78, 5) is 14.4. The molecule has 1 unspecified atom stereocenters. The van der Waals surface area contributed by atoms with Gasteiger partial charge in [-0.3, -0.25) is 4.98 Å². The minimum atomic E-state index is -3.63. The molecule has 0 amide bonds. The number of rotatable bonds is 5. The highest BCUT2D eigenvalue weighted by Crippen LogP contribution is 2.22. The molecule has 1 N–H and O–H groups in total. The van der Waals surface area contributed by atoms with Gasteiger partial charge < -0.3 is 9.84 Å². The Morgan fingerprint density at radius 2 is 2.29 bits per heavy atom. The van der Waals surface area contributed by atoms with Crippen LogP contribution in [0.15, 0.2) is 29.4 Å². The minimum Gasteiger partial charge on any atom is -0.478 e. The van der Waals surface area contributed by atoms with Gasteiger partial charge >= 0.3 is 5.97 Å². The molecule has 1 aromatic rings. The van der Waals surface area contributed by atoms with Gasteiger partial charge in [-0.2, -0.15) is 4.31 Å². The lowest BCUT2D eigenvalue weighted by Crippen LogP contribution is -2.30. The third kappa shape index (κ3) is 3.66. The minimum absolute atomic E-state index is 0.0480. The molecule has 0 aromatic carbocycles. The topological polar surface area (TPSA) is 96.8 Å². The number of sulfonamides is 1. The first-order valence-corrected chi connectivity index (χ1v) is 7.76. The van der Waals surface area contributed by atoms with Gasteiger partial charge in [0.2, 0.25) is 10.0 Å². The first-order valence-electron chi connectivity index (χ1n) is 6.32. The van der Waals surface area contributed by atoms with Crippen LogP contribution in [0.5, 0.6) is 0 Å². The molecule has 8 heteroatoms. The van der Waals surface area contributed by atoms with E-state index in [2.05, 4.69) is 4.98 Å². The largest absolute Gasteiger partial charge is 0.478 e. The van der Waals surface area contributed by atoms with Crippen molar-refractivity contribution in [2.75, 3.05) is 20.2 Å². The predicted molar refractivity (Wildman–Crippen MR) is 75.1 cm³/mol. The van der Waals surface area contributed by atoms with Crippen molar-refractivity contribution in [3.8, 4) is 0 Å². The van der Waals surface area contributed by atoms with Gasteiger partial charge in [0.1, 0.15) is 4.90 Å². The molecule has 1 aliphatic heterocycles. The van der Waals surface area contributed by atoms with Gasteiger partial charge in [-0.05, 0) is 24.1 Å².